The first-order valence-corrected chi connectivity index (χ1v) is 11.8. The predicted octanol–water partition coefficient (Wildman–Crippen LogP) is 5.47. The van der Waals surface area contributed by atoms with Crippen molar-refractivity contribution in [2.24, 2.45) is 5.92 Å². The lowest BCUT2D eigenvalue weighted by molar-refractivity contribution is -0.134. The lowest BCUT2D eigenvalue weighted by Gasteiger charge is -2.32. The highest BCUT2D eigenvalue weighted by Gasteiger charge is 2.23. The van der Waals surface area contributed by atoms with E-state index < -0.39 is 0 Å². The van der Waals surface area contributed by atoms with Crippen molar-refractivity contribution in [1.29, 1.82) is 0 Å². The van der Waals surface area contributed by atoms with Gasteiger partial charge in [-0.2, -0.15) is 0 Å². The summed E-state index contributed by atoms with van der Waals surface area (Å²) in [5, 5.41) is 0. The molecule has 1 amide bonds. The molecule has 6 heteroatoms. The third-order valence-corrected chi connectivity index (χ3v) is 6.62. The van der Waals surface area contributed by atoms with Crippen LogP contribution in [0.4, 0.5) is 4.39 Å². The molecule has 0 radical (unpaired) electrons. The van der Waals surface area contributed by atoms with Gasteiger partial charge in [0, 0.05) is 18.7 Å². The van der Waals surface area contributed by atoms with Gasteiger partial charge in [0.05, 0.1) is 0 Å². The highest BCUT2D eigenvalue weighted by Crippen LogP contribution is 2.34. The maximum Gasteiger partial charge on any atom is 0.260 e. The number of hydrogen-bond acceptors (Lipinski definition) is 4. The number of hydrogen-bond donors (Lipinski definition) is 0. The average Bonchev–Trinajstić information content (AvgIpc) is 3.35. The Labute approximate surface area is 199 Å². The van der Waals surface area contributed by atoms with Crippen LogP contribution in [0.5, 0.6) is 17.2 Å². The number of ether oxygens (including phenoxy) is 3. The SMILES string of the molecule is O=C(COc1ccc(F)cc1-c1ccccc1)N1CCC(CCc2ccc3c(c2)OCO3)CC1. The van der Waals surface area contributed by atoms with Crippen LogP contribution in [0.1, 0.15) is 24.8 Å². The summed E-state index contributed by atoms with van der Waals surface area (Å²) in [6.07, 6.45) is 4.06. The highest BCUT2D eigenvalue weighted by atomic mass is 19.1. The van der Waals surface area contributed by atoms with E-state index in [2.05, 4.69) is 12.1 Å². The van der Waals surface area contributed by atoms with Crippen LogP contribution in [0.25, 0.3) is 11.1 Å². The second-order valence-electron chi connectivity index (χ2n) is 8.85. The number of carbonyl (C=O) groups is 1. The third kappa shape index (κ3) is 5.16. The maximum atomic E-state index is 13.8. The van der Waals surface area contributed by atoms with E-state index in [1.54, 1.807) is 6.07 Å². The van der Waals surface area contributed by atoms with Gasteiger partial charge < -0.3 is 19.1 Å². The first-order chi connectivity index (χ1) is 16.7. The number of fused-ring (bicyclic) bond motifs is 1. The van der Waals surface area contributed by atoms with Crippen LogP contribution < -0.4 is 14.2 Å². The molecule has 2 aliphatic rings. The molecular weight excluding hydrogens is 433 g/mol. The quantitative estimate of drug-likeness (QED) is 0.468. The minimum atomic E-state index is -0.333. The van der Waals surface area contributed by atoms with Crippen LogP contribution in [0.3, 0.4) is 0 Å². The monoisotopic (exact) mass is 461 g/mol. The summed E-state index contributed by atoms with van der Waals surface area (Å²) in [4.78, 5) is 14.7. The predicted molar refractivity (Wildman–Crippen MR) is 128 cm³/mol. The minimum absolute atomic E-state index is 0.0300. The molecule has 2 aliphatic heterocycles. The number of piperidine rings is 1. The summed E-state index contributed by atoms with van der Waals surface area (Å²) >= 11 is 0. The molecule has 0 aliphatic carbocycles. The zero-order valence-corrected chi connectivity index (χ0v) is 19.0. The molecular formula is C28H28FNO4. The lowest BCUT2D eigenvalue weighted by Crippen LogP contribution is -2.41. The van der Waals surface area contributed by atoms with E-state index >= 15 is 0 Å². The molecule has 5 nitrogen and oxygen atoms in total. The van der Waals surface area contributed by atoms with Crippen LogP contribution in [-0.4, -0.2) is 37.3 Å². The van der Waals surface area contributed by atoms with E-state index in [0.29, 0.717) is 24.0 Å². The summed E-state index contributed by atoms with van der Waals surface area (Å²) in [6.45, 7) is 1.73. The van der Waals surface area contributed by atoms with Crippen molar-refractivity contribution in [3.63, 3.8) is 0 Å². The molecule has 3 aromatic rings. The van der Waals surface area contributed by atoms with Gasteiger partial charge in [-0.15, -0.1) is 0 Å². The number of likely N-dealkylation sites (tertiary alicyclic amines) is 1. The molecule has 0 aromatic heterocycles. The Bertz CT molecular complexity index is 1140. The van der Waals surface area contributed by atoms with Gasteiger partial charge in [-0.1, -0.05) is 36.4 Å². The van der Waals surface area contributed by atoms with Crippen molar-refractivity contribution >= 4 is 5.91 Å². The molecule has 1 fully saturated rings. The highest BCUT2D eigenvalue weighted by molar-refractivity contribution is 5.78. The molecule has 0 unspecified atom stereocenters. The molecule has 0 N–H and O–H groups in total. The fourth-order valence-corrected chi connectivity index (χ4v) is 4.64. The molecule has 0 bridgehead atoms. The minimum Gasteiger partial charge on any atom is -0.483 e. The van der Waals surface area contributed by atoms with Crippen molar-refractivity contribution < 1.29 is 23.4 Å². The molecule has 0 saturated carbocycles. The van der Waals surface area contributed by atoms with Gasteiger partial charge in [0.2, 0.25) is 6.79 Å². The Balaban J connectivity index is 1.11. The largest absolute Gasteiger partial charge is 0.483 e. The van der Waals surface area contributed by atoms with Crippen molar-refractivity contribution in [3.05, 3.63) is 78.1 Å². The Kier molecular flexibility index (Phi) is 6.65. The van der Waals surface area contributed by atoms with E-state index in [0.717, 1.165) is 55.8 Å². The Morgan fingerprint density at radius 1 is 0.971 bits per heavy atom. The lowest BCUT2D eigenvalue weighted by atomic mass is 9.90. The number of nitrogens with zero attached hydrogens (tertiary/aromatic N) is 1. The van der Waals surface area contributed by atoms with Crippen LogP contribution in [-0.2, 0) is 11.2 Å². The standard InChI is InChI=1S/C28H28FNO4/c29-23-9-11-25(24(17-23)22-4-2-1-3-5-22)32-18-28(31)30-14-12-20(13-15-30)6-7-21-8-10-26-27(16-21)34-19-33-26/h1-5,8-11,16-17,20H,6-7,12-15,18-19H2. The number of halogens is 1. The van der Waals surface area contributed by atoms with Crippen LogP contribution in [0.15, 0.2) is 66.7 Å². The van der Waals surface area contributed by atoms with E-state index in [-0.39, 0.29) is 18.3 Å². The van der Waals surface area contributed by atoms with E-state index in [1.807, 2.05) is 41.3 Å². The Morgan fingerprint density at radius 3 is 2.59 bits per heavy atom. The van der Waals surface area contributed by atoms with Crippen molar-refractivity contribution in [2.75, 3.05) is 26.5 Å². The first-order valence-electron chi connectivity index (χ1n) is 11.8. The van der Waals surface area contributed by atoms with Gasteiger partial charge in [0.15, 0.2) is 18.1 Å². The normalized spacial score (nSPS) is 15.4. The molecule has 2 heterocycles. The third-order valence-electron chi connectivity index (χ3n) is 6.62. The summed E-state index contributed by atoms with van der Waals surface area (Å²) in [7, 11) is 0. The van der Waals surface area contributed by atoms with Gasteiger partial charge in [0.25, 0.3) is 5.91 Å². The average molecular weight is 462 g/mol. The van der Waals surface area contributed by atoms with Crippen LogP contribution in [0, 0.1) is 11.7 Å². The van der Waals surface area contributed by atoms with Gasteiger partial charge in [-0.05, 0) is 73.1 Å². The zero-order chi connectivity index (χ0) is 23.3. The summed E-state index contributed by atoms with van der Waals surface area (Å²) < 4.78 is 30.5. The topological polar surface area (TPSA) is 48.0 Å². The number of benzene rings is 3. The fraction of sp³-hybridized carbons (Fsp3) is 0.321. The van der Waals surface area contributed by atoms with Crippen molar-refractivity contribution in [2.45, 2.75) is 25.7 Å². The molecule has 0 atom stereocenters. The van der Waals surface area contributed by atoms with E-state index in [1.165, 1.54) is 17.7 Å². The second-order valence-corrected chi connectivity index (χ2v) is 8.85. The molecule has 176 valence electrons. The van der Waals surface area contributed by atoms with Crippen LogP contribution >= 0.6 is 0 Å². The van der Waals surface area contributed by atoms with Crippen molar-refractivity contribution in [3.8, 4) is 28.4 Å². The van der Waals surface area contributed by atoms with Crippen molar-refractivity contribution in [1.82, 2.24) is 4.90 Å². The fourth-order valence-electron chi connectivity index (χ4n) is 4.64. The van der Waals surface area contributed by atoms with E-state index in [4.69, 9.17) is 14.2 Å². The zero-order valence-electron chi connectivity index (χ0n) is 19.0. The molecule has 5 rings (SSSR count). The maximum absolute atomic E-state index is 13.8. The summed E-state index contributed by atoms with van der Waals surface area (Å²) in [6, 6.07) is 20.0. The molecule has 3 aromatic carbocycles. The number of rotatable bonds is 7. The van der Waals surface area contributed by atoms with Gasteiger partial charge in [0.1, 0.15) is 11.6 Å². The van der Waals surface area contributed by atoms with Crippen LogP contribution in [0.2, 0.25) is 0 Å². The van der Waals surface area contributed by atoms with Gasteiger partial charge in [-0.25, -0.2) is 4.39 Å². The Hall–Kier alpha value is -3.54. The molecule has 1 saturated heterocycles. The Morgan fingerprint density at radius 2 is 1.76 bits per heavy atom. The second kappa shape index (κ2) is 10.2. The summed E-state index contributed by atoms with van der Waals surface area (Å²) in [5.41, 5.74) is 2.76. The molecule has 0 spiro atoms. The first kappa shape index (κ1) is 22.3. The summed E-state index contributed by atoms with van der Waals surface area (Å²) in [5.74, 6) is 2.39. The number of aryl methyl sites for hydroxylation is 1. The number of carbonyl (C=O) groups excluding carboxylic acids is 1. The number of amides is 1. The molecule has 34 heavy (non-hydrogen) atoms. The van der Waals surface area contributed by atoms with Gasteiger partial charge in [-0.3, -0.25) is 4.79 Å². The smallest absolute Gasteiger partial charge is 0.260 e. The van der Waals surface area contributed by atoms with Gasteiger partial charge >= 0.3 is 0 Å². The van der Waals surface area contributed by atoms with E-state index in [9.17, 15) is 9.18 Å².